The van der Waals surface area contributed by atoms with Crippen molar-refractivity contribution in [3.63, 3.8) is 0 Å². The molecule has 2 N–H and O–H groups in total. The van der Waals surface area contributed by atoms with E-state index in [4.69, 9.17) is 4.74 Å². The third-order valence-electron chi connectivity index (χ3n) is 6.98. The second kappa shape index (κ2) is 9.75. The minimum Gasteiger partial charge on any atom is -0.497 e. The molecule has 6 heteroatoms. The highest BCUT2D eigenvalue weighted by molar-refractivity contribution is 6.03. The predicted octanol–water partition coefficient (Wildman–Crippen LogP) is 5.77. The number of ether oxygens (including phenoxy) is 1. The second-order valence-corrected chi connectivity index (χ2v) is 9.35. The third-order valence-corrected chi connectivity index (χ3v) is 6.98. The van der Waals surface area contributed by atoms with E-state index in [-0.39, 0.29) is 11.8 Å². The summed E-state index contributed by atoms with van der Waals surface area (Å²) in [5.41, 5.74) is 4.72. The average molecular weight is 458 g/mol. The molecular weight excluding hydrogens is 426 g/mol. The van der Waals surface area contributed by atoms with Gasteiger partial charge in [-0.1, -0.05) is 25.3 Å². The molecule has 1 aromatic heterocycles. The van der Waals surface area contributed by atoms with Gasteiger partial charge in [0, 0.05) is 47.0 Å². The normalized spacial score (nSPS) is 16.4. The molecule has 1 saturated carbocycles. The molecule has 176 valence electrons. The molecule has 1 aliphatic heterocycles. The molecule has 1 fully saturated rings. The number of anilines is 2. The van der Waals surface area contributed by atoms with E-state index < -0.39 is 0 Å². The van der Waals surface area contributed by atoms with Gasteiger partial charge < -0.3 is 19.9 Å². The zero-order chi connectivity index (χ0) is 23.5. The number of fused-ring (bicyclic) bond motifs is 2. The van der Waals surface area contributed by atoms with Gasteiger partial charge in [-0.15, -0.1) is 0 Å². The SMILES string of the molecule is COc1ccc2c(c1)cc(/C=C/C(=O)Nc1ccc3c(c1)NC(=O)CC3)n2CC1CCCCC1. The van der Waals surface area contributed by atoms with Crippen LogP contribution in [0, 0.1) is 5.92 Å². The van der Waals surface area contributed by atoms with Crippen molar-refractivity contribution in [2.24, 2.45) is 5.92 Å². The molecule has 3 aromatic rings. The number of aryl methyl sites for hydroxylation is 1. The van der Waals surface area contributed by atoms with Gasteiger partial charge in [0.1, 0.15) is 5.75 Å². The molecule has 0 unspecified atom stereocenters. The number of nitrogens with zero attached hydrogens (tertiary/aromatic N) is 1. The molecule has 2 aromatic carbocycles. The molecule has 2 heterocycles. The summed E-state index contributed by atoms with van der Waals surface area (Å²) >= 11 is 0. The lowest BCUT2D eigenvalue weighted by molar-refractivity contribution is -0.116. The Morgan fingerprint density at radius 3 is 2.79 bits per heavy atom. The first-order chi connectivity index (χ1) is 16.6. The Balaban J connectivity index is 1.37. The van der Waals surface area contributed by atoms with Crippen molar-refractivity contribution in [3.05, 3.63) is 59.8 Å². The smallest absolute Gasteiger partial charge is 0.248 e. The Kier molecular flexibility index (Phi) is 6.39. The number of rotatable bonds is 6. The summed E-state index contributed by atoms with van der Waals surface area (Å²) in [6, 6.07) is 13.9. The van der Waals surface area contributed by atoms with E-state index in [0.717, 1.165) is 46.6 Å². The van der Waals surface area contributed by atoms with Gasteiger partial charge in [-0.05, 0) is 73.2 Å². The van der Waals surface area contributed by atoms with Crippen molar-refractivity contribution in [2.75, 3.05) is 17.7 Å². The van der Waals surface area contributed by atoms with Crippen molar-refractivity contribution in [3.8, 4) is 5.75 Å². The standard InChI is InChI=1S/C28H31N3O3/c1-34-24-11-12-26-21(16-24)15-23(31(26)18-19-5-3-2-4-6-19)10-14-27(32)29-22-9-7-20-8-13-28(33)30-25(20)17-22/h7,9-12,14-17,19H,2-6,8,13,18H2,1H3,(H,29,32)(H,30,33)/b14-10+. The molecule has 2 aliphatic rings. The number of methoxy groups -OCH3 is 1. The fraction of sp³-hybridized carbons (Fsp3) is 0.357. The Morgan fingerprint density at radius 2 is 1.97 bits per heavy atom. The molecule has 6 nitrogen and oxygen atoms in total. The van der Waals surface area contributed by atoms with Gasteiger partial charge in [-0.2, -0.15) is 0 Å². The Hall–Kier alpha value is -3.54. The lowest BCUT2D eigenvalue weighted by atomic mass is 9.89. The number of aromatic nitrogens is 1. The van der Waals surface area contributed by atoms with Crippen molar-refractivity contribution >= 4 is 40.2 Å². The molecule has 0 spiro atoms. The summed E-state index contributed by atoms with van der Waals surface area (Å²) in [7, 11) is 1.68. The molecule has 34 heavy (non-hydrogen) atoms. The van der Waals surface area contributed by atoms with Crippen LogP contribution in [0.15, 0.2) is 48.5 Å². The van der Waals surface area contributed by atoms with Gasteiger partial charge in [0.05, 0.1) is 7.11 Å². The van der Waals surface area contributed by atoms with Crippen LogP contribution in [0.4, 0.5) is 11.4 Å². The molecule has 5 rings (SSSR count). The minimum atomic E-state index is -0.200. The van der Waals surface area contributed by atoms with Crippen LogP contribution < -0.4 is 15.4 Å². The Bertz CT molecular complexity index is 1250. The highest BCUT2D eigenvalue weighted by atomic mass is 16.5. The van der Waals surface area contributed by atoms with E-state index >= 15 is 0 Å². The maximum atomic E-state index is 12.7. The lowest BCUT2D eigenvalue weighted by Gasteiger charge is -2.23. The fourth-order valence-corrected chi connectivity index (χ4v) is 5.16. The van der Waals surface area contributed by atoms with Gasteiger partial charge in [-0.25, -0.2) is 0 Å². The summed E-state index contributed by atoms with van der Waals surface area (Å²) in [6.07, 6.45) is 11.2. The quantitative estimate of drug-likeness (QED) is 0.462. The summed E-state index contributed by atoms with van der Waals surface area (Å²) in [5.74, 6) is 1.31. The molecule has 0 atom stereocenters. The van der Waals surface area contributed by atoms with Crippen LogP contribution in [0.25, 0.3) is 17.0 Å². The van der Waals surface area contributed by atoms with Gasteiger partial charge in [0.25, 0.3) is 0 Å². The number of benzene rings is 2. The summed E-state index contributed by atoms with van der Waals surface area (Å²) in [4.78, 5) is 24.4. The van der Waals surface area contributed by atoms with Gasteiger partial charge in [0.2, 0.25) is 11.8 Å². The highest BCUT2D eigenvalue weighted by Gasteiger charge is 2.18. The van der Waals surface area contributed by atoms with Crippen LogP contribution in [0.3, 0.4) is 0 Å². The maximum absolute atomic E-state index is 12.7. The van der Waals surface area contributed by atoms with Crippen molar-refractivity contribution in [2.45, 2.75) is 51.5 Å². The third kappa shape index (κ3) is 4.86. The molecule has 1 aliphatic carbocycles. The van der Waals surface area contributed by atoms with Crippen molar-refractivity contribution < 1.29 is 14.3 Å². The number of nitrogens with one attached hydrogen (secondary N) is 2. The summed E-state index contributed by atoms with van der Waals surface area (Å²) in [5, 5.41) is 6.92. The van der Waals surface area contributed by atoms with Crippen LogP contribution >= 0.6 is 0 Å². The number of hydrogen-bond acceptors (Lipinski definition) is 3. The average Bonchev–Trinajstić information content (AvgIpc) is 3.19. The molecular formula is C28H31N3O3. The van der Waals surface area contributed by atoms with Gasteiger partial charge in [0.15, 0.2) is 0 Å². The van der Waals surface area contributed by atoms with Crippen LogP contribution in [-0.4, -0.2) is 23.5 Å². The second-order valence-electron chi connectivity index (χ2n) is 9.35. The minimum absolute atomic E-state index is 0.0123. The molecule has 0 bridgehead atoms. The van der Waals surface area contributed by atoms with Crippen LogP contribution in [-0.2, 0) is 22.6 Å². The van der Waals surface area contributed by atoms with E-state index in [1.165, 1.54) is 32.1 Å². The first kappa shape index (κ1) is 22.3. The number of hydrogen-bond donors (Lipinski definition) is 2. The fourth-order valence-electron chi connectivity index (χ4n) is 5.16. The summed E-state index contributed by atoms with van der Waals surface area (Å²) < 4.78 is 7.75. The van der Waals surface area contributed by atoms with E-state index in [0.29, 0.717) is 18.0 Å². The molecule has 2 amide bonds. The lowest BCUT2D eigenvalue weighted by Crippen LogP contribution is -2.19. The first-order valence-electron chi connectivity index (χ1n) is 12.2. The highest BCUT2D eigenvalue weighted by Crippen LogP contribution is 2.31. The van der Waals surface area contributed by atoms with E-state index in [1.807, 2.05) is 36.4 Å². The molecule has 0 radical (unpaired) electrons. The number of carbonyl (C=O) groups excluding carboxylic acids is 2. The number of amides is 2. The number of carbonyl (C=O) groups is 2. The summed E-state index contributed by atoms with van der Waals surface area (Å²) in [6.45, 7) is 0.960. The monoisotopic (exact) mass is 457 g/mol. The first-order valence-corrected chi connectivity index (χ1v) is 12.2. The zero-order valence-corrected chi connectivity index (χ0v) is 19.6. The Labute approximate surface area is 200 Å². The topological polar surface area (TPSA) is 72.4 Å². The zero-order valence-electron chi connectivity index (χ0n) is 19.6. The van der Waals surface area contributed by atoms with Crippen molar-refractivity contribution in [1.82, 2.24) is 4.57 Å². The predicted molar refractivity (Wildman–Crippen MR) is 136 cm³/mol. The molecule has 0 saturated heterocycles. The maximum Gasteiger partial charge on any atom is 0.248 e. The van der Waals surface area contributed by atoms with Crippen molar-refractivity contribution in [1.29, 1.82) is 0 Å². The van der Waals surface area contributed by atoms with Gasteiger partial charge in [-0.3, -0.25) is 9.59 Å². The van der Waals surface area contributed by atoms with Gasteiger partial charge >= 0.3 is 0 Å². The van der Waals surface area contributed by atoms with Crippen LogP contribution in [0.2, 0.25) is 0 Å². The Morgan fingerprint density at radius 1 is 1.12 bits per heavy atom. The van der Waals surface area contributed by atoms with Crippen LogP contribution in [0.5, 0.6) is 5.75 Å². The van der Waals surface area contributed by atoms with Crippen LogP contribution in [0.1, 0.15) is 49.8 Å². The van der Waals surface area contributed by atoms with E-state index in [9.17, 15) is 9.59 Å². The van der Waals surface area contributed by atoms with E-state index in [1.54, 1.807) is 13.2 Å². The largest absolute Gasteiger partial charge is 0.497 e. The van der Waals surface area contributed by atoms with E-state index in [2.05, 4.69) is 27.3 Å².